The number of rotatable bonds is 6. The Bertz CT molecular complexity index is 908. The number of para-hydroxylation sites is 1. The summed E-state index contributed by atoms with van der Waals surface area (Å²) >= 11 is 1.64. The van der Waals surface area contributed by atoms with Crippen LogP contribution in [0.25, 0.3) is 10.6 Å². The van der Waals surface area contributed by atoms with Crippen molar-refractivity contribution >= 4 is 17.2 Å². The number of anilines is 1. The Hall–Kier alpha value is -2.64. The summed E-state index contributed by atoms with van der Waals surface area (Å²) in [5.74, 6) is 2.51. The van der Waals surface area contributed by atoms with Gasteiger partial charge in [0.2, 0.25) is 0 Å². The first-order chi connectivity index (χ1) is 13.8. The lowest BCUT2D eigenvalue weighted by Gasteiger charge is -2.35. The Labute approximate surface area is 169 Å². The summed E-state index contributed by atoms with van der Waals surface area (Å²) < 4.78 is 11.0. The fraction of sp³-hybridized carbons (Fsp3) is 0.333. The Morgan fingerprint density at radius 1 is 1.00 bits per heavy atom. The van der Waals surface area contributed by atoms with Crippen LogP contribution in [0.3, 0.4) is 0 Å². The van der Waals surface area contributed by atoms with Crippen molar-refractivity contribution in [3.05, 3.63) is 53.7 Å². The molecule has 3 heterocycles. The molecule has 3 aromatic rings. The minimum absolute atomic E-state index is 0.724. The van der Waals surface area contributed by atoms with Crippen LogP contribution in [0.5, 0.6) is 11.5 Å². The Morgan fingerprint density at radius 3 is 2.57 bits per heavy atom. The number of aromatic nitrogens is 2. The zero-order valence-corrected chi connectivity index (χ0v) is 17.0. The molecule has 0 bridgehead atoms. The molecule has 4 rings (SSSR count). The molecule has 0 N–H and O–H groups in total. The summed E-state index contributed by atoms with van der Waals surface area (Å²) in [6.45, 7) is 4.84. The third kappa shape index (κ3) is 3.95. The second-order valence-electron chi connectivity index (χ2n) is 6.64. The summed E-state index contributed by atoms with van der Waals surface area (Å²) in [7, 11) is 3.32. The summed E-state index contributed by atoms with van der Waals surface area (Å²) in [5.41, 5.74) is 2.06. The van der Waals surface area contributed by atoms with Gasteiger partial charge >= 0.3 is 0 Å². The molecule has 2 aromatic heterocycles. The van der Waals surface area contributed by atoms with Gasteiger partial charge in [-0.15, -0.1) is 11.3 Å². The second kappa shape index (κ2) is 8.58. The molecule has 1 aliphatic heterocycles. The van der Waals surface area contributed by atoms with E-state index in [-0.39, 0.29) is 0 Å². The van der Waals surface area contributed by atoms with E-state index in [0.29, 0.717) is 0 Å². The third-order valence-electron chi connectivity index (χ3n) is 4.92. The van der Waals surface area contributed by atoms with E-state index >= 15 is 0 Å². The molecule has 1 saturated heterocycles. The maximum Gasteiger partial charge on any atom is 0.170 e. The Balaban J connectivity index is 1.41. The normalized spacial score (nSPS) is 14.9. The van der Waals surface area contributed by atoms with Crippen molar-refractivity contribution in [2.45, 2.75) is 6.54 Å². The lowest BCUT2D eigenvalue weighted by atomic mass is 10.2. The van der Waals surface area contributed by atoms with Gasteiger partial charge in [0, 0.05) is 44.3 Å². The van der Waals surface area contributed by atoms with Crippen molar-refractivity contribution in [3.63, 3.8) is 0 Å². The molecule has 1 aliphatic rings. The smallest absolute Gasteiger partial charge is 0.170 e. The van der Waals surface area contributed by atoms with Crippen LogP contribution in [0.2, 0.25) is 0 Å². The molecule has 28 heavy (non-hydrogen) atoms. The lowest BCUT2D eigenvalue weighted by Crippen LogP contribution is -2.46. The van der Waals surface area contributed by atoms with E-state index in [0.717, 1.165) is 66.3 Å². The van der Waals surface area contributed by atoms with Gasteiger partial charge in [0.1, 0.15) is 10.8 Å². The highest BCUT2D eigenvalue weighted by Gasteiger charge is 2.20. The maximum atomic E-state index is 5.55. The Morgan fingerprint density at radius 2 is 1.86 bits per heavy atom. The van der Waals surface area contributed by atoms with Gasteiger partial charge in [0.15, 0.2) is 11.5 Å². The molecule has 1 aromatic carbocycles. The molecular weight excluding hydrogens is 372 g/mol. The van der Waals surface area contributed by atoms with Crippen molar-refractivity contribution in [2.24, 2.45) is 0 Å². The molecule has 0 saturated carbocycles. The van der Waals surface area contributed by atoms with E-state index in [4.69, 9.17) is 14.5 Å². The molecule has 0 amide bonds. The summed E-state index contributed by atoms with van der Waals surface area (Å²) in [6, 6.07) is 12.0. The first-order valence-electron chi connectivity index (χ1n) is 9.32. The molecule has 0 radical (unpaired) electrons. The molecule has 146 valence electrons. The van der Waals surface area contributed by atoms with Crippen molar-refractivity contribution in [2.75, 3.05) is 45.3 Å². The molecule has 0 atom stereocenters. The number of methoxy groups -OCH3 is 2. The van der Waals surface area contributed by atoms with E-state index in [2.05, 4.69) is 26.2 Å². The molecule has 0 unspecified atom stereocenters. The first kappa shape index (κ1) is 18.7. The van der Waals surface area contributed by atoms with E-state index in [1.807, 2.05) is 36.5 Å². The largest absolute Gasteiger partial charge is 0.493 e. The second-order valence-corrected chi connectivity index (χ2v) is 7.49. The highest BCUT2D eigenvalue weighted by atomic mass is 32.1. The number of piperazine rings is 1. The fourth-order valence-electron chi connectivity index (χ4n) is 3.46. The fourth-order valence-corrected chi connectivity index (χ4v) is 4.30. The van der Waals surface area contributed by atoms with Crippen LogP contribution >= 0.6 is 11.3 Å². The number of benzene rings is 1. The summed E-state index contributed by atoms with van der Waals surface area (Å²) in [4.78, 5) is 14.1. The van der Waals surface area contributed by atoms with Gasteiger partial charge in [-0.1, -0.05) is 12.1 Å². The minimum Gasteiger partial charge on any atom is -0.493 e. The van der Waals surface area contributed by atoms with Crippen LogP contribution in [0.1, 0.15) is 5.69 Å². The van der Waals surface area contributed by atoms with Gasteiger partial charge in [0.25, 0.3) is 0 Å². The van der Waals surface area contributed by atoms with Crippen LogP contribution in [0, 0.1) is 0 Å². The molecule has 0 spiro atoms. The van der Waals surface area contributed by atoms with Gasteiger partial charge in [-0.25, -0.2) is 9.97 Å². The zero-order chi connectivity index (χ0) is 19.3. The standard InChI is InChI=1S/C21H24N4O2S/c1-26-18-7-5-6-17(20(18)27-2)21-23-16(15-28-21)14-24-10-12-25(13-11-24)19-8-3-4-9-22-19/h3-9,15H,10-14H2,1-2H3. The summed E-state index contributed by atoms with van der Waals surface area (Å²) in [6.07, 6.45) is 1.85. The van der Waals surface area contributed by atoms with Crippen molar-refractivity contribution < 1.29 is 9.47 Å². The van der Waals surface area contributed by atoms with Crippen molar-refractivity contribution in [1.29, 1.82) is 0 Å². The number of thiazole rings is 1. The number of ether oxygens (including phenoxy) is 2. The van der Waals surface area contributed by atoms with Crippen LogP contribution in [-0.4, -0.2) is 55.3 Å². The van der Waals surface area contributed by atoms with E-state index in [9.17, 15) is 0 Å². The zero-order valence-electron chi connectivity index (χ0n) is 16.2. The first-order valence-corrected chi connectivity index (χ1v) is 10.2. The average Bonchev–Trinajstić information content (AvgIpc) is 3.22. The number of hydrogen-bond acceptors (Lipinski definition) is 7. The monoisotopic (exact) mass is 396 g/mol. The van der Waals surface area contributed by atoms with Crippen molar-refractivity contribution in [3.8, 4) is 22.1 Å². The van der Waals surface area contributed by atoms with E-state index in [1.54, 1.807) is 25.6 Å². The van der Waals surface area contributed by atoms with Gasteiger partial charge in [-0.2, -0.15) is 0 Å². The van der Waals surface area contributed by atoms with Crippen molar-refractivity contribution in [1.82, 2.24) is 14.9 Å². The quantitative estimate of drug-likeness (QED) is 0.635. The third-order valence-corrected chi connectivity index (χ3v) is 5.84. The highest BCUT2D eigenvalue weighted by Crippen LogP contribution is 2.39. The molecule has 1 fully saturated rings. The van der Waals surface area contributed by atoms with E-state index in [1.165, 1.54) is 0 Å². The van der Waals surface area contributed by atoms with Gasteiger partial charge in [-0.05, 0) is 24.3 Å². The summed E-state index contributed by atoms with van der Waals surface area (Å²) in [5, 5.41) is 3.09. The van der Waals surface area contributed by atoms with Crippen LogP contribution in [-0.2, 0) is 6.54 Å². The lowest BCUT2D eigenvalue weighted by molar-refractivity contribution is 0.247. The molecule has 0 aliphatic carbocycles. The van der Waals surface area contributed by atoms with Gasteiger partial charge in [-0.3, -0.25) is 4.90 Å². The topological polar surface area (TPSA) is 50.7 Å². The Kier molecular flexibility index (Phi) is 5.73. The predicted molar refractivity (Wildman–Crippen MR) is 112 cm³/mol. The number of pyridine rings is 1. The predicted octanol–water partition coefficient (Wildman–Crippen LogP) is 3.54. The van der Waals surface area contributed by atoms with Crippen LogP contribution in [0.15, 0.2) is 48.0 Å². The molecular formula is C21H24N4O2S. The SMILES string of the molecule is COc1cccc(-c2nc(CN3CCN(c4ccccn4)CC3)cs2)c1OC. The van der Waals surface area contributed by atoms with Gasteiger partial charge < -0.3 is 14.4 Å². The number of hydrogen-bond donors (Lipinski definition) is 0. The molecule has 6 nitrogen and oxygen atoms in total. The average molecular weight is 397 g/mol. The highest BCUT2D eigenvalue weighted by molar-refractivity contribution is 7.13. The van der Waals surface area contributed by atoms with Gasteiger partial charge in [0.05, 0.1) is 25.5 Å². The molecule has 7 heteroatoms. The van der Waals surface area contributed by atoms with E-state index < -0.39 is 0 Å². The minimum atomic E-state index is 0.724. The maximum absolute atomic E-state index is 5.55. The van der Waals surface area contributed by atoms with Crippen LogP contribution < -0.4 is 14.4 Å². The number of nitrogens with zero attached hydrogens (tertiary/aromatic N) is 4. The van der Waals surface area contributed by atoms with Crippen LogP contribution in [0.4, 0.5) is 5.82 Å².